The van der Waals surface area contributed by atoms with Gasteiger partial charge < -0.3 is 0 Å². The first-order valence-electron chi connectivity index (χ1n) is 6.17. The van der Waals surface area contributed by atoms with Crippen molar-refractivity contribution in [2.45, 2.75) is 6.54 Å². The molecule has 0 radical (unpaired) electrons. The van der Waals surface area contributed by atoms with Gasteiger partial charge in [-0.15, -0.1) is 11.3 Å². The number of aldehydes is 1. The summed E-state index contributed by atoms with van der Waals surface area (Å²) in [5.74, 6) is 0. The highest BCUT2D eigenvalue weighted by Gasteiger charge is 2.12. The smallest absolute Gasteiger partial charge is 0.153 e. The number of hydrogen-bond donors (Lipinski definition) is 0. The van der Waals surface area contributed by atoms with E-state index >= 15 is 0 Å². The lowest BCUT2D eigenvalue weighted by molar-refractivity contribution is 0.112. The molecule has 0 aliphatic rings. The molecule has 3 aromatic rings. The van der Waals surface area contributed by atoms with Gasteiger partial charge in [0.1, 0.15) is 5.69 Å². The highest BCUT2D eigenvalue weighted by Crippen LogP contribution is 2.30. The maximum Gasteiger partial charge on any atom is 0.153 e. The number of benzene rings is 1. The zero-order valence-electron chi connectivity index (χ0n) is 10.8. The number of carbonyl (C=O) groups is 1. The van der Waals surface area contributed by atoms with Crippen LogP contribution in [0.2, 0.25) is 0 Å². The molecule has 106 valence electrons. The first kappa shape index (κ1) is 14.7. The molecule has 0 saturated heterocycles. The average Bonchev–Trinajstić information content (AvgIpc) is 3.07. The molecule has 3 nitrogen and oxygen atoms in total. The summed E-state index contributed by atoms with van der Waals surface area (Å²) in [6.07, 6.45) is 2.64. The Labute approximate surface area is 142 Å². The largest absolute Gasteiger partial charge is 0.298 e. The van der Waals surface area contributed by atoms with E-state index in [4.69, 9.17) is 0 Å². The molecule has 6 heteroatoms. The van der Waals surface area contributed by atoms with Crippen LogP contribution in [-0.4, -0.2) is 16.1 Å². The molecule has 0 fully saturated rings. The maximum atomic E-state index is 11.3. The first-order valence-corrected chi connectivity index (χ1v) is 8.64. The van der Waals surface area contributed by atoms with Crippen molar-refractivity contribution >= 4 is 49.5 Å². The van der Waals surface area contributed by atoms with Crippen LogP contribution < -0.4 is 0 Å². The molecule has 0 amide bonds. The van der Waals surface area contributed by atoms with E-state index in [1.165, 1.54) is 0 Å². The van der Waals surface area contributed by atoms with E-state index in [0.717, 1.165) is 31.4 Å². The van der Waals surface area contributed by atoms with Crippen LogP contribution in [0.25, 0.3) is 10.6 Å². The molecule has 0 N–H and O–H groups in total. The van der Waals surface area contributed by atoms with E-state index in [1.54, 1.807) is 22.2 Å². The highest BCUT2D eigenvalue weighted by molar-refractivity contribution is 9.10. The molecule has 0 atom stereocenters. The van der Waals surface area contributed by atoms with Gasteiger partial charge in [0, 0.05) is 20.5 Å². The molecular formula is C15H10Br2N2OS. The second-order valence-corrected chi connectivity index (χ2v) is 7.25. The van der Waals surface area contributed by atoms with Crippen molar-refractivity contribution in [1.29, 1.82) is 0 Å². The summed E-state index contributed by atoms with van der Waals surface area (Å²) >= 11 is 8.41. The molecular weight excluding hydrogens is 416 g/mol. The van der Waals surface area contributed by atoms with E-state index in [9.17, 15) is 4.79 Å². The zero-order chi connectivity index (χ0) is 14.8. The summed E-state index contributed by atoms with van der Waals surface area (Å²) in [5.41, 5.74) is 2.48. The Morgan fingerprint density at radius 1 is 1.19 bits per heavy atom. The SMILES string of the molecule is O=Cc1cn(Cc2ccc(Br)cc2)nc1-c1cc(Br)cs1. The summed E-state index contributed by atoms with van der Waals surface area (Å²) in [5, 5.41) is 6.53. The van der Waals surface area contributed by atoms with E-state index in [0.29, 0.717) is 12.1 Å². The van der Waals surface area contributed by atoms with E-state index in [2.05, 4.69) is 37.0 Å². The van der Waals surface area contributed by atoms with Crippen molar-refractivity contribution in [3.8, 4) is 10.6 Å². The van der Waals surface area contributed by atoms with E-state index < -0.39 is 0 Å². The Balaban J connectivity index is 1.92. The molecule has 3 rings (SSSR count). The molecule has 0 bridgehead atoms. The first-order chi connectivity index (χ1) is 10.2. The number of aromatic nitrogens is 2. The molecule has 0 spiro atoms. The quantitative estimate of drug-likeness (QED) is 0.551. The van der Waals surface area contributed by atoms with Crippen LogP contribution >= 0.6 is 43.2 Å². The molecule has 2 heterocycles. The predicted molar refractivity (Wildman–Crippen MR) is 91.9 cm³/mol. The number of hydrogen-bond acceptors (Lipinski definition) is 3. The van der Waals surface area contributed by atoms with Gasteiger partial charge in [0.05, 0.1) is 17.0 Å². The molecule has 1 aromatic carbocycles. The number of thiophene rings is 1. The fourth-order valence-electron chi connectivity index (χ4n) is 2.01. The summed E-state index contributed by atoms with van der Waals surface area (Å²) in [6.45, 7) is 0.640. The number of nitrogens with zero attached hydrogens (tertiary/aromatic N) is 2. The van der Waals surface area contributed by atoms with E-state index in [1.807, 2.05) is 35.7 Å². The Morgan fingerprint density at radius 3 is 2.57 bits per heavy atom. The van der Waals surface area contributed by atoms with Crippen molar-refractivity contribution in [2.24, 2.45) is 0 Å². The van der Waals surface area contributed by atoms with Crippen molar-refractivity contribution in [3.05, 3.63) is 62.0 Å². The van der Waals surface area contributed by atoms with Gasteiger partial charge in [-0.25, -0.2) is 0 Å². The Kier molecular flexibility index (Phi) is 4.37. The standard InChI is InChI=1S/C15H10Br2N2OS/c16-12-3-1-10(2-4-12)6-19-7-11(8-20)15(18-19)14-5-13(17)9-21-14/h1-5,7-9H,6H2. The van der Waals surface area contributed by atoms with Crippen LogP contribution in [0.1, 0.15) is 15.9 Å². The topological polar surface area (TPSA) is 34.9 Å². The number of rotatable bonds is 4. The molecule has 0 unspecified atom stereocenters. The van der Waals surface area contributed by atoms with Crippen LogP contribution in [0.5, 0.6) is 0 Å². The van der Waals surface area contributed by atoms with Crippen molar-refractivity contribution in [3.63, 3.8) is 0 Å². The number of halogens is 2. The van der Waals surface area contributed by atoms with Crippen molar-refractivity contribution in [1.82, 2.24) is 9.78 Å². The monoisotopic (exact) mass is 424 g/mol. The molecule has 0 aliphatic carbocycles. The second kappa shape index (κ2) is 6.25. The molecule has 21 heavy (non-hydrogen) atoms. The van der Waals surface area contributed by atoms with Crippen LogP contribution in [0, 0.1) is 0 Å². The zero-order valence-corrected chi connectivity index (χ0v) is 14.8. The summed E-state index contributed by atoms with van der Waals surface area (Å²) in [6, 6.07) is 10.0. The van der Waals surface area contributed by atoms with Gasteiger partial charge in [-0.2, -0.15) is 5.10 Å². The van der Waals surface area contributed by atoms with Gasteiger partial charge in [0.15, 0.2) is 6.29 Å². The van der Waals surface area contributed by atoms with Crippen molar-refractivity contribution < 1.29 is 4.79 Å². The lowest BCUT2D eigenvalue weighted by Gasteiger charge is -2.01. The van der Waals surface area contributed by atoms with Gasteiger partial charge in [-0.05, 0) is 39.7 Å². The summed E-state index contributed by atoms with van der Waals surface area (Å²) < 4.78 is 3.85. The second-order valence-electron chi connectivity index (χ2n) is 4.50. The van der Waals surface area contributed by atoms with Crippen LogP contribution in [0.3, 0.4) is 0 Å². The average molecular weight is 426 g/mol. The fourth-order valence-corrected chi connectivity index (χ4v) is 3.71. The molecule has 0 aliphatic heterocycles. The van der Waals surface area contributed by atoms with Crippen molar-refractivity contribution in [2.75, 3.05) is 0 Å². The third-order valence-corrected chi connectivity index (χ3v) is 5.20. The maximum absolute atomic E-state index is 11.3. The number of carbonyl (C=O) groups excluding carboxylic acids is 1. The van der Waals surface area contributed by atoms with Gasteiger partial charge in [0.25, 0.3) is 0 Å². The molecule has 0 saturated carbocycles. The Hall–Kier alpha value is -1.24. The normalized spacial score (nSPS) is 10.8. The predicted octanol–water partition coefficient (Wildman–Crippen LogP) is 5.00. The minimum absolute atomic E-state index is 0.612. The Morgan fingerprint density at radius 2 is 1.95 bits per heavy atom. The minimum atomic E-state index is 0.612. The highest BCUT2D eigenvalue weighted by atomic mass is 79.9. The van der Waals surface area contributed by atoms with Gasteiger partial charge >= 0.3 is 0 Å². The van der Waals surface area contributed by atoms with Crippen LogP contribution in [-0.2, 0) is 6.54 Å². The minimum Gasteiger partial charge on any atom is -0.298 e. The van der Waals surface area contributed by atoms with Crippen LogP contribution in [0.4, 0.5) is 0 Å². The lowest BCUT2D eigenvalue weighted by atomic mass is 10.2. The van der Waals surface area contributed by atoms with Gasteiger partial charge in [0.2, 0.25) is 0 Å². The fraction of sp³-hybridized carbons (Fsp3) is 0.0667. The van der Waals surface area contributed by atoms with Crippen LogP contribution in [0.15, 0.2) is 50.9 Å². The summed E-state index contributed by atoms with van der Waals surface area (Å²) in [7, 11) is 0. The summed E-state index contributed by atoms with van der Waals surface area (Å²) in [4.78, 5) is 12.2. The Bertz CT molecular complexity index is 777. The molecule has 2 aromatic heterocycles. The van der Waals surface area contributed by atoms with Gasteiger partial charge in [-0.3, -0.25) is 9.48 Å². The lowest BCUT2D eigenvalue weighted by Crippen LogP contribution is -2.00. The third-order valence-electron chi connectivity index (χ3n) is 2.98. The van der Waals surface area contributed by atoms with E-state index in [-0.39, 0.29) is 0 Å². The third kappa shape index (κ3) is 3.33. The van der Waals surface area contributed by atoms with Gasteiger partial charge in [-0.1, -0.05) is 28.1 Å².